The van der Waals surface area contributed by atoms with Gasteiger partial charge in [-0.1, -0.05) is 12.1 Å². The topological polar surface area (TPSA) is 47.6 Å². The third-order valence-corrected chi connectivity index (χ3v) is 3.92. The number of para-hydroxylation sites is 2. The standard InChI is InChI=1S/C16H13BrFNO3/c17-13-6-5-10(18)7-12(13)16(20)19-8-11-9-21-14-3-1-2-4-15(14)22-11/h1-7,11H,8-9H2,(H,19,20). The minimum absolute atomic E-state index is 0.247. The molecule has 2 aromatic carbocycles. The van der Waals surface area contributed by atoms with E-state index in [-0.39, 0.29) is 24.1 Å². The highest BCUT2D eigenvalue weighted by molar-refractivity contribution is 9.10. The normalized spacial score (nSPS) is 16.2. The average molecular weight is 366 g/mol. The van der Waals surface area contributed by atoms with Crippen LogP contribution in [0.2, 0.25) is 0 Å². The van der Waals surface area contributed by atoms with Crippen molar-refractivity contribution in [3.63, 3.8) is 0 Å². The van der Waals surface area contributed by atoms with Crippen LogP contribution in [0, 0.1) is 5.82 Å². The highest BCUT2D eigenvalue weighted by atomic mass is 79.9. The molecule has 3 rings (SSSR count). The van der Waals surface area contributed by atoms with Crippen LogP contribution in [0.1, 0.15) is 10.4 Å². The van der Waals surface area contributed by atoms with Crippen LogP contribution >= 0.6 is 15.9 Å². The number of amides is 1. The summed E-state index contributed by atoms with van der Waals surface area (Å²) in [6.07, 6.45) is -0.286. The zero-order valence-corrected chi connectivity index (χ0v) is 13.1. The average Bonchev–Trinajstić information content (AvgIpc) is 2.54. The van der Waals surface area contributed by atoms with Gasteiger partial charge in [-0.15, -0.1) is 0 Å². The van der Waals surface area contributed by atoms with E-state index in [9.17, 15) is 9.18 Å². The summed E-state index contributed by atoms with van der Waals surface area (Å²) in [4.78, 5) is 12.1. The molecule has 1 aliphatic rings. The lowest BCUT2D eigenvalue weighted by Gasteiger charge is -2.26. The molecule has 22 heavy (non-hydrogen) atoms. The van der Waals surface area contributed by atoms with Gasteiger partial charge in [0.2, 0.25) is 0 Å². The number of halogens is 2. The van der Waals surface area contributed by atoms with Crippen LogP contribution in [0.3, 0.4) is 0 Å². The highest BCUT2D eigenvalue weighted by Gasteiger charge is 2.21. The van der Waals surface area contributed by atoms with Crippen LogP contribution in [0.25, 0.3) is 0 Å². The van der Waals surface area contributed by atoms with Crippen LogP contribution in [-0.2, 0) is 0 Å². The summed E-state index contributed by atoms with van der Waals surface area (Å²) < 4.78 is 25.1. The Morgan fingerprint density at radius 3 is 2.86 bits per heavy atom. The fourth-order valence-corrected chi connectivity index (χ4v) is 2.56. The Morgan fingerprint density at radius 2 is 2.05 bits per heavy atom. The van der Waals surface area contributed by atoms with Gasteiger partial charge in [-0.05, 0) is 46.3 Å². The predicted octanol–water partition coefficient (Wildman–Crippen LogP) is 3.16. The van der Waals surface area contributed by atoms with Gasteiger partial charge in [0, 0.05) is 4.47 Å². The van der Waals surface area contributed by atoms with Crippen LogP contribution < -0.4 is 14.8 Å². The summed E-state index contributed by atoms with van der Waals surface area (Å²) in [7, 11) is 0. The number of ether oxygens (including phenoxy) is 2. The van der Waals surface area contributed by atoms with Gasteiger partial charge in [0.05, 0.1) is 12.1 Å². The van der Waals surface area contributed by atoms with E-state index in [1.807, 2.05) is 24.3 Å². The lowest BCUT2D eigenvalue weighted by molar-refractivity contribution is 0.0788. The molecule has 0 aromatic heterocycles. The van der Waals surface area contributed by atoms with Crippen molar-refractivity contribution < 1.29 is 18.7 Å². The first-order valence-electron chi connectivity index (χ1n) is 6.75. The molecule has 1 N–H and O–H groups in total. The third-order valence-electron chi connectivity index (χ3n) is 3.23. The SMILES string of the molecule is O=C(NCC1COc2ccccc2O1)c1cc(F)ccc1Br. The van der Waals surface area contributed by atoms with Crippen molar-refractivity contribution in [2.75, 3.05) is 13.2 Å². The molecule has 1 aliphatic heterocycles. The lowest BCUT2D eigenvalue weighted by atomic mass is 10.2. The molecule has 0 spiro atoms. The van der Waals surface area contributed by atoms with Gasteiger partial charge in [0.1, 0.15) is 18.5 Å². The second kappa shape index (κ2) is 6.36. The summed E-state index contributed by atoms with van der Waals surface area (Å²) in [6, 6.07) is 11.3. The summed E-state index contributed by atoms with van der Waals surface area (Å²) in [5.74, 6) is 0.520. The monoisotopic (exact) mass is 365 g/mol. The van der Waals surface area contributed by atoms with Crippen molar-refractivity contribution in [3.8, 4) is 11.5 Å². The lowest BCUT2D eigenvalue weighted by Crippen LogP contribution is -2.40. The van der Waals surface area contributed by atoms with Crippen molar-refractivity contribution >= 4 is 21.8 Å². The highest BCUT2D eigenvalue weighted by Crippen LogP contribution is 2.30. The smallest absolute Gasteiger partial charge is 0.252 e. The largest absolute Gasteiger partial charge is 0.486 e. The first kappa shape index (κ1) is 14.8. The molecular formula is C16H13BrFNO3. The van der Waals surface area contributed by atoms with E-state index >= 15 is 0 Å². The quantitative estimate of drug-likeness (QED) is 0.908. The molecule has 0 saturated carbocycles. The molecule has 6 heteroatoms. The van der Waals surface area contributed by atoms with E-state index < -0.39 is 5.82 Å². The van der Waals surface area contributed by atoms with E-state index in [4.69, 9.17) is 9.47 Å². The summed E-state index contributed by atoms with van der Waals surface area (Å²) in [5, 5.41) is 2.73. The van der Waals surface area contributed by atoms with Crippen LogP contribution in [0.5, 0.6) is 11.5 Å². The molecule has 1 heterocycles. The summed E-state index contributed by atoms with van der Waals surface area (Å²) in [5.41, 5.74) is 0.247. The molecular weight excluding hydrogens is 353 g/mol. The Bertz CT molecular complexity index is 708. The van der Waals surface area contributed by atoms with Gasteiger partial charge in [0.25, 0.3) is 5.91 Å². The molecule has 114 valence electrons. The van der Waals surface area contributed by atoms with Crippen molar-refractivity contribution in [2.24, 2.45) is 0 Å². The minimum Gasteiger partial charge on any atom is -0.486 e. The van der Waals surface area contributed by atoms with Crippen LogP contribution in [-0.4, -0.2) is 25.2 Å². The Kier molecular flexibility index (Phi) is 4.29. The Hall–Kier alpha value is -2.08. The molecule has 0 bridgehead atoms. The fraction of sp³-hybridized carbons (Fsp3) is 0.188. The van der Waals surface area contributed by atoms with Gasteiger partial charge < -0.3 is 14.8 Å². The molecule has 2 aromatic rings. The fourth-order valence-electron chi connectivity index (χ4n) is 2.14. The Morgan fingerprint density at radius 1 is 1.27 bits per heavy atom. The van der Waals surface area contributed by atoms with Crippen molar-refractivity contribution in [2.45, 2.75) is 6.10 Å². The number of nitrogens with one attached hydrogen (secondary N) is 1. The summed E-state index contributed by atoms with van der Waals surface area (Å²) in [6.45, 7) is 0.623. The van der Waals surface area contributed by atoms with Gasteiger partial charge in [-0.3, -0.25) is 4.79 Å². The number of fused-ring (bicyclic) bond motifs is 1. The Balaban J connectivity index is 1.61. The van der Waals surface area contributed by atoms with Crippen LogP contribution in [0.4, 0.5) is 4.39 Å². The van der Waals surface area contributed by atoms with Crippen molar-refractivity contribution in [3.05, 3.63) is 58.3 Å². The predicted molar refractivity (Wildman–Crippen MR) is 82.8 cm³/mol. The first-order valence-corrected chi connectivity index (χ1v) is 7.54. The Labute approximate surface area is 135 Å². The second-order valence-corrected chi connectivity index (χ2v) is 5.69. The summed E-state index contributed by atoms with van der Waals surface area (Å²) >= 11 is 3.23. The zero-order valence-electron chi connectivity index (χ0n) is 11.5. The van der Waals surface area contributed by atoms with Gasteiger partial charge >= 0.3 is 0 Å². The molecule has 0 radical (unpaired) electrons. The number of carbonyl (C=O) groups excluding carboxylic acids is 1. The molecule has 1 unspecified atom stereocenters. The molecule has 1 atom stereocenters. The van der Waals surface area contributed by atoms with Gasteiger partial charge in [-0.25, -0.2) is 4.39 Å². The first-order chi connectivity index (χ1) is 10.6. The minimum atomic E-state index is -0.459. The number of rotatable bonds is 3. The second-order valence-electron chi connectivity index (χ2n) is 4.83. The molecule has 0 aliphatic carbocycles. The van der Waals surface area contributed by atoms with Gasteiger partial charge in [0.15, 0.2) is 11.5 Å². The van der Waals surface area contributed by atoms with E-state index in [0.717, 1.165) is 0 Å². The maximum absolute atomic E-state index is 13.2. The number of carbonyl (C=O) groups is 1. The molecule has 0 fully saturated rings. The third kappa shape index (κ3) is 3.22. The van der Waals surface area contributed by atoms with E-state index in [1.165, 1.54) is 18.2 Å². The van der Waals surface area contributed by atoms with Crippen molar-refractivity contribution in [1.82, 2.24) is 5.32 Å². The van der Waals surface area contributed by atoms with Crippen molar-refractivity contribution in [1.29, 1.82) is 0 Å². The zero-order chi connectivity index (χ0) is 15.5. The number of benzene rings is 2. The van der Waals surface area contributed by atoms with E-state index in [1.54, 1.807) is 0 Å². The molecule has 0 saturated heterocycles. The maximum Gasteiger partial charge on any atom is 0.252 e. The van der Waals surface area contributed by atoms with Crippen LogP contribution in [0.15, 0.2) is 46.9 Å². The number of hydrogen-bond acceptors (Lipinski definition) is 3. The molecule has 4 nitrogen and oxygen atoms in total. The number of hydrogen-bond donors (Lipinski definition) is 1. The maximum atomic E-state index is 13.2. The molecule has 1 amide bonds. The van der Waals surface area contributed by atoms with E-state index in [0.29, 0.717) is 22.6 Å². The van der Waals surface area contributed by atoms with E-state index in [2.05, 4.69) is 21.2 Å². The van der Waals surface area contributed by atoms with Gasteiger partial charge in [-0.2, -0.15) is 0 Å².